The van der Waals surface area contributed by atoms with Crippen molar-refractivity contribution in [3.8, 4) is 0 Å². The van der Waals surface area contributed by atoms with Crippen LogP contribution < -0.4 is 33.8 Å². The van der Waals surface area contributed by atoms with E-state index in [9.17, 15) is 0 Å². The molecule has 0 saturated heterocycles. The van der Waals surface area contributed by atoms with Crippen molar-refractivity contribution in [2.45, 2.75) is 20.0 Å². The van der Waals surface area contributed by atoms with Crippen molar-refractivity contribution < 1.29 is 33.3 Å². The molecule has 0 saturated carbocycles. The van der Waals surface area contributed by atoms with Crippen molar-refractivity contribution in [1.29, 1.82) is 0 Å². The molecule has 1 aliphatic heterocycles. The van der Waals surface area contributed by atoms with Crippen LogP contribution in [0.4, 0.5) is 5.69 Å². The van der Waals surface area contributed by atoms with Crippen molar-refractivity contribution >= 4 is 27.6 Å². The highest BCUT2D eigenvalue weighted by atomic mass is 127. The van der Waals surface area contributed by atoms with Crippen LogP contribution in [0.1, 0.15) is 12.5 Å². The van der Waals surface area contributed by atoms with Crippen LogP contribution in [0.5, 0.6) is 0 Å². The maximum atomic E-state index is 6.18. The molecule has 0 bridgehead atoms. The number of nitrogens with one attached hydrogen (secondary N) is 1. The minimum Gasteiger partial charge on any atom is -1.00 e. The fourth-order valence-electron chi connectivity index (χ4n) is 3.15. The Morgan fingerprint density at radius 3 is 2.59 bits per heavy atom. The van der Waals surface area contributed by atoms with E-state index in [-0.39, 0.29) is 24.0 Å². The Kier molecular flexibility index (Phi) is 3.91. The van der Waals surface area contributed by atoms with E-state index in [1.807, 2.05) is 12.1 Å². The zero-order chi connectivity index (χ0) is 14.6. The van der Waals surface area contributed by atoms with Gasteiger partial charge in [0.1, 0.15) is 11.8 Å². The second kappa shape index (κ2) is 5.59. The second-order valence-electron chi connectivity index (χ2n) is 5.85. The first-order valence-electron chi connectivity index (χ1n) is 7.37. The molecule has 1 aromatic heterocycles. The molecule has 1 unspecified atom stereocenters. The summed E-state index contributed by atoms with van der Waals surface area (Å²) >= 11 is 0. The highest BCUT2D eigenvalue weighted by molar-refractivity contribution is 6.09. The molecule has 0 spiro atoms. The lowest BCUT2D eigenvalue weighted by molar-refractivity contribution is -0.843. The Hall–Kier alpha value is -1.53. The number of fused-ring (bicyclic) bond motifs is 3. The number of para-hydroxylation sites is 1. The van der Waals surface area contributed by atoms with Gasteiger partial charge in [-0.15, -0.1) is 0 Å². The van der Waals surface area contributed by atoms with Crippen LogP contribution in [0, 0.1) is 6.92 Å². The van der Waals surface area contributed by atoms with Gasteiger partial charge in [0.2, 0.25) is 0 Å². The Balaban J connectivity index is 0.00000144. The molecule has 2 aromatic carbocycles. The summed E-state index contributed by atoms with van der Waals surface area (Å²) < 4.78 is 6.18. The number of hydrogen-bond acceptors (Lipinski definition) is 2. The molecular formula is C18H19IN2O. The lowest BCUT2D eigenvalue weighted by atomic mass is 10.1. The Labute approximate surface area is 147 Å². The molecule has 2 atom stereocenters. The highest BCUT2D eigenvalue weighted by Gasteiger charge is 2.28. The average Bonchev–Trinajstić information content (AvgIpc) is 3.01. The predicted octanol–water partition coefficient (Wildman–Crippen LogP) is 0.0503. The fraction of sp³-hybridized carbons (Fsp3) is 0.222. The molecule has 4 heteroatoms. The summed E-state index contributed by atoms with van der Waals surface area (Å²) in [5, 5.41) is 2.38. The van der Waals surface area contributed by atoms with E-state index < -0.39 is 0 Å². The smallest absolute Gasteiger partial charge is 0.168 e. The number of halogens is 1. The van der Waals surface area contributed by atoms with Gasteiger partial charge in [-0.05, 0) is 18.6 Å². The maximum Gasteiger partial charge on any atom is 0.168 e. The van der Waals surface area contributed by atoms with Gasteiger partial charge in [0.05, 0.1) is 18.9 Å². The lowest BCUT2D eigenvalue weighted by Crippen LogP contribution is -3.08. The third-order valence-corrected chi connectivity index (χ3v) is 4.55. The van der Waals surface area contributed by atoms with Crippen molar-refractivity contribution in [3.05, 3.63) is 54.4 Å². The van der Waals surface area contributed by atoms with Gasteiger partial charge in [-0.1, -0.05) is 30.3 Å². The Bertz CT molecular complexity index is 868. The molecule has 22 heavy (non-hydrogen) atoms. The van der Waals surface area contributed by atoms with Crippen molar-refractivity contribution in [1.82, 2.24) is 0 Å². The molecule has 4 rings (SSSR count). The summed E-state index contributed by atoms with van der Waals surface area (Å²) in [6, 6.07) is 12.6. The minimum atomic E-state index is 0. The van der Waals surface area contributed by atoms with Crippen LogP contribution in [-0.4, -0.2) is 13.2 Å². The zero-order valence-corrected chi connectivity index (χ0v) is 15.1. The van der Waals surface area contributed by atoms with E-state index in [0.717, 1.165) is 11.2 Å². The normalized spacial score (nSPS) is 20.8. The van der Waals surface area contributed by atoms with E-state index in [2.05, 4.69) is 62.5 Å². The number of benzene rings is 2. The quantitative estimate of drug-likeness (QED) is 0.577. The van der Waals surface area contributed by atoms with Crippen LogP contribution in [0.2, 0.25) is 0 Å². The highest BCUT2D eigenvalue weighted by Crippen LogP contribution is 2.38. The first-order valence-corrected chi connectivity index (χ1v) is 7.37. The monoisotopic (exact) mass is 406 g/mol. The third-order valence-electron chi connectivity index (χ3n) is 4.55. The summed E-state index contributed by atoms with van der Waals surface area (Å²) in [4.78, 5) is 3.69. The maximum absolute atomic E-state index is 6.18. The number of quaternary nitrogens is 1. The topological polar surface area (TPSA) is 20.8 Å². The molecule has 114 valence electrons. The van der Waals surface area contributed by atoms with Gasteiger partial charge < -0.3 is 28.4 Å². The standard InChI is InChI=1S/C18H18N2O.HI/c1-12-8-9-15-14-6-4-5-7-16(14)21-18(15)17(12)20-11-10-19(3)13(20)2;/h4-11,13H,1-3H3;1H/t13-;/m0./s1. The molecule has 1 N–H and O–H groups in total. The number of nitrogens with zero attached hydrogens (tertiary/aromatic N) is 1. The molecule has 3 nitrogen and oxygen atoms in total. The summed E-state index contributed by atoms with van der Waals surface area (Å²) in [6.45, 7) is 4.38. The fourth-order valence-corrected chi connectivity index (χ4v) is 3.15. The van der Waals surface area contributed by atoms with Gasteiger partial charge in [-0.2, -0.15) is 0 Å². The van der Waals surface area contributed by atoms with Crippen LogP contribution in [0.25, 0.3) is 21.9 Å². The van der Waals surface area contributed by atoms with Crippen LogP contribution >= 0.6 is 0 Å². The molecule has 0 radical (unpaired) electrons. The van der Waals surface area contributed by atoms with E-state index in [1.54, 1.807) is 0 Å². The van der Waals surface area contributed by atoms with Gasteiger partial charge in [0.15, 0.2) is 11.7 Å². The van der Waals surface area contributed by atoms with Crippen molar-refractivity contribution in [2.24, 2.45) is 0 Å². The van der Waals surface area contributed by atoms with Crippen molar-refractivity contribution in [2.75, 3.05) is 11.9 Å². The van der Waals surface area contributed by atoms with Crippen LogP contribution in [-0.2, 0) is 0 Å². The van der Waals surface area contributed by atoms with Crippen LogP contribution in [0.15, 0.2) is 53.2 Å². The first kappa shape index (κ1) is 15.4. The molecule has 3 aromatic rings. The number of rotatable bonds is 1. The van der Waals surface area contributed by atoms with Crippen LogP contribution in [0.3, 0.4) is 0 Å². The SMILES string of the molecule is Cc1ccc2c(oc3ccccc32)c1N1C=C[NH+](C)[C@@H]1C.[I-]. The van der Waals surface area contributed by atoms with E-state index in [1.165, 1.54) is 26.9 Å². The number of furan rings is 1. The molecule has 0 fully saturated rings. The average molecular weight is 406 g/mol. The number of anilines is 1. The van der Waals surface area contributed by atoms with E-state index in [0.29, 0.717) is 6.17 Å². The lowest BCUT2D eigenvalue weighted by Gasteiger charge is -2.24. The molecular weight excluding hydrogens is 387 g/mol. The van der Waals surface area contributed by atoms with Gasteiger partial charge in [0.25, 0.3) is 0 Å². The van der Waals surface area contributed by atoms with Gasteiger partial charge in [-0.25, -0.2) is 0 Å². The summed E-state index contributed by atoms with van der Waals surface area (Å²) in [5.41, 5.74) is 4.37. The van der Waals surface area contributed by atoms with E-state index >= 15 is 0 Å². The molecule has 0 amide bonds. The predicted molar refractivity (Wildman–Crippen MR) is 86.4 cm³/mol. The minimum absolute atomic E-state index is 0. The third kappa shape index (κ3) is 2.13. The molecule has 1 aliphatic rings. The van der Waals surface area contributed by atoms with Gasteiger partial charge in [-0.3, -0.25) is 9.80 Å². The van der Waals surface area contributed by atoms with Gasteiger partial charge in [0, 0.05) is 17.7 Å². The Morgan fingerprint density at radius 2 is 1.86 bits per heavy atom. The number of aryl methyl sites for hydroxylation is 1. The summed E-state index contributed by atoms with van der Waals surface area (Å²) in [5.74, 6) is 0. The molecule has 0 aliphatic carbocycles. The molecule has 2 heterocycles. The second-order valence-corrected chi connectivity index (χ2v) is 5.85. The van der Waals surface area contributed by atoms with Gasteiger partial charge >= 0.3 is 0 Å². The largest absolute Gasteiger partial charge is 1.00 e. The first-order chi connectivity index (χ1) is 10.2. The van der Waals surface area contributed by atoms with Crippen molar-refractivity contribution in [3.63, 3.8) is 0 Å². The Morgan fingerprint density at radius 1 is 1.09 bits per heavy atom. The number of hydrogen-bond donors (Lipinski definition) is 1. The van der Waals surface area contributed by atoms with E-state index in [4.69, 9.17) is 4.42 Å². The zero-order valence-electron chi connectivity index (χ0n) is 12.9. The summed E-state index contributed by atoms with van der Waals surface area (Å²) in [6.07, 6.45) is 4.73. The summed E-state index contributed by atoms with van der Waals surface area (Å²) in [7, 11) is 2.18.